The Hall–Kier alpha value is -1.21. The highest BCUT2D eigenvalue weighted by atomic mass is 79.9. The maximum absolute atomic E-state index is 12.5. The highest BCUT2D eigenvalue weighted by molar-refractivity contribution is 9.11. The van der Waals surface area contributed by atoms with Crippen LogP contribution in [0.15, 0.2) is 21.1 Å². The van der Waals surface area contributed by atoms with Gasteiger partial charge in [0.05, 0.1) is 5.69 Å². The van der Waals surface area contributed by atoms with Crippen molar-refractivity contribution in [1.82, 2.24) is 5.32 Å². The van der Waals surface area contributed by atoms with E-state index in [-0.39, 0.29) is 0 Å². The zero-order valence-electron chi connectivity index (χ0n) is 11.6. The SMILES string of the molecule is CCCC1C(=O)NC(=O)N(c2c(Br)cc(C)cc2Br)C1=O. The molecular formula is C14H14Br2N2O3. The third-order valence-corrected chi connectivity index (χ3v) is 4.44. The molecule has 4 amide bonds. The van der Waals surface area contributed by atoms with Crippen molar-refractivity contribution in [2.75, 3.05) is 4.90 Å². The molecule has 5 nitrogen and oxygen atoms in total. The maximum Gasteiger partial charge on any atom is 0.335 e. The number of carbonyl (C=O) groups excluding carboxylic acids is 3. The molecule has 112 valence electrons. The number of aryl methyl sites for hydroxylation is 1. The lowest BCUT2D eigenvalue weighted by molar-refractivity contribution is -0.134. The molecule has 1 aliphatic heterocycles. The van der Waals surface area contributed by atoms with Gasteiger partial charge in [-0.25, -0.2) is 9.69 Å². The zero-order valence-corrected chi connectivity index (χ0v) is 14.7. The number of carbonyl (C=O) groups is 3. The van der Waals surface area contributed by atoms with E-state index in [0.29, 0.717) is 27.5 Å². The lowest BCUT2D eigenvalue weighted by atomic mass is 9.99. The van der Waals surface area contributed by atoms with Gasteiger partial charge < -0.3 is 0 Å². The number of barbiturate groups is 1. The van der Waals surface area contributed by atoms with Crippen LogP contribution in [-0.2, 0) is 9.59 Å². The van der Waals surface area contributed by atoms with Gasteiger partial charge in [0.15, 0.2) is 0 Å². The molecule has 1 heterocycles. The largest absolute Gasteiger partial charge is 0.335 e. The predicted octanol–water partition coefficient (Wildman–Crippen LogP) is 3.52. The molecule has 0 spiro atoms. The van der Waals surface area contributed by atoms with Gasteiger partial charge >= 0.3 is 6.03 Å². The average molecular weight is 418 g/mol. The Kier molecular flexibility index (Phi) is 4.83. The molecule has 0 radical (unpaired) electrons. The fraction of sp³-hybridized carbons (Fsp3) is 0.357. The summed E-state index contributed by atoms with van der Waals surface area (Å²) >= 11 is 6.75. The average Bonchev–Trinajstić information content (AvgIpc) is 2.37. The molecule has 1 aromatic rings. The molecule has 2 rings (SSSR count). The van der Waals surface area contributed by atoms with Gasteiger partial charge in [-0.3, -0.25) is 14.9 Å². The number of urea groups is 1. The van der Waals surface area contributed by atoms with Crippen LogP contribution in [0.25, 0.3) is 0 Å². The first kappa shape index (κ1) is 16.2. The minimum Gasteiger partial charge on any atom is -0.277 e. The smallest absolute Gasteiger partial charge is 0.277 e. The Bertz CT molecular complexity index is 608. The number of amides is 4. The number of benzene rings is 1. The fourth-order valence-corrected chi connectivity index (χ4v) is 4.05. The second-order valence-electron chi connectivity index (χ2n) is 4.89. The Labute approximate surface area is 139 Å². The molecule has 7 heteroatoms. The van der Waals surface area contributed by atoms with Gasteiger partial charge in [-0.1, -0.05) is 13.3 Å². The normalized spacial score (nSPS) is 19.0. The number of hydrogen-bond acceptors (Lipinski definition) is 3. The second kappa shape index (κ2) is 6.27. The fourth-order valence-electron chi connectivity index (χ4n) is 2.28. The van der Waals surface area contributed by atoms with Gasteiger partial charge in [-0.05, 0) is 62.9 Å². The van der Waals surface area contributed by atoms with Crippen LogP contribution < -0.4 is 10.2 Å². The zero-order chi connectivity index (χ0) is 15.7. The van der Waals surface area contributed by atoms with Gasteiger partial charge in [0, 0.05) is 8.95 Å². The number of halogens is 2. The van der Waals surface area contributed by atoms with Gasteiger partial charge in [-0.2, -0.15) is 0 Å². The van der Waals surface area contributed by atoms with Gasteiger partial charge in [0.2, 0.25) is 11.8 Å². The Morgan fingerprint density at radius 1 is 1.19 bits per heavy atom. The maximum atomic E-state index is 12.5. The first-order chi connectivity index (χ1) is 9.86. The summed E-state index contributed by atoms with van der Waals surface area (Å²) in [6.07, 6.45) is 1.09. The third-order valence-electron chi connectivity index (χ3n) is 3.23. The van der Waals surface area contributed by atoms with Crippen molar-refractivity contribution in [3.05, 3.63) is 26.6 Å². The first-order valence-corrected chi connectivity index (χ1v) is 8.09. The standard InChI is InChI=1S/C14H14Br2N2O3/c1-3-4-8-12(19)17-14(21)18(13(8)20)11-9(15)5-7(2)6-10(11)16/h5-6,8H,3-4H2,1-2H3,(H,17,19,21). The summed E-state index contributed by atoms with van der Waals surface area (Å²) in [5.74, 6) is -1.84. The molecule has 1 N–H and O–H groups in total. The van der Waals surface area contributed by atoms with Crippen molar-refractivity contribution in [1.29, 1.82) is 0 Å². The van der Waals surface area contributed by atoms with Crippen molar-refractivity contribution >= 4 is 55.4 Å². The summed E-state index contributed by atoms with van der Waals surface area (Å²) in [7, 11) is 0. The summed E-state index contributed by atoms with van der Waals surface area (Å²) in [6, 6.07) is 2.90. The summed E-state index contributed by atoms with van der Waals surface area (Å²) in [5, 5.41) is 2.25. The molecule has 1 aliphatic rings. The van der Waals surface area contributed by atoms with E-state index in [1.54, 1.807) is 0 Å². The van der Waals surface area contributed by atoms with Crippen LogP contribution in [0.1, 0.15) is 25.3 Å². The lowest BCUT2D eigenvalue weighted by Gasteiger charge is -2.31. The third kappa shape index (κ3) is 3.03. The number of imide groups is 2. The summed E-state index contributed by atoms with van der Waals surface area (Å²) in [5.41, 5.74) is 1.39. The monoisotopic (exact) mass is 416 g/mol. The molecule has 0 aromatic heterocycles. The van der Waals surface area contributed by atoms with Gasteiger partial charge in [-0.15, -0.1) is 0 Å². The van der Waals surface area contributed by atoms with E-state index in [9.17, 15) is 14.4 Å². The van der Waals surface area contributed by atoms with Crippen molar-refractivity contribution in [2.24, 2.45) is 5.92 Å². The van der Waals surface area contributed by atoms with Crippen LogP contribution in [0, 0.1) is 12.8 Å². The Morgan fingerprint density at radius 3 is 2.29 bits per heavy atom. The number of anilines is 1. The highest BCUT2D eigenvalue weighted by Gasteiger charge is 2.41. The molecule has 0 bridgehead atoms. The molecule has 1 aromatic carbocycles. The Balaban J connectivity index is 2.49. The topological polar surface area (TPSA) is 66.5 Å². The van der Waals surface area contributed by atoms with Crippen LogP contribution in [0.2, 0.25) is 0 Å². The van der Waals surface area contributed by atoms with Crippen molar-refractivity contribution in [3.63, 3.8) is 0 Å². The van der Waals surface area contributed by atoms with Crippen LogP contribution in [0.4, 0.5) is 10.5 Å². The number of nitrogens with zero attached hydrogens (tertiary/aromatic N) is 1. The molecule has 1 fully saturated rings. The van der Waals surface area contributed by atoms with Crippen LogP contribution in [0.3, 0.4) is 0 Å². The van der Waals surface area contributed by atoms with E-state index in [1.807, 2.05) is 26.0 Å². The molecule has 21 heavy (non-hydrogen) atoms. The predicted molar refractivity (Wildman–Crippen MR) is 86.0 cm³/mol. The van der Waals surface area contributed by atoms with E-state index >= 15 is 0 Å². The number of nitrogens with one attached hydrogen (secondary N) is 1. The summed E-state index contributed by atoms with van der Waals surface area (Å²) in [4.78, 5) is 37.4. The summed E-state index contributed by atoms with van der Waals surface area (Å²) in [6.45, 7) is 3.79. The number of hydrogen-bond donors (Lipinski definition) is 1. The molecule has 1 saturated heterocycles. The minimum absolute atomic E-state index is 0.412. The first-order valence-electron chi connectivity index (χ1n) is 6.51. The molecule has 1 unspecified atom stereocenters. The highest BCUT2D eigenvalue weighted by Crippen LogP contribution is 2.37. The van der Waals surface area contributed by atoms with Crippen LogP contribution >= 0.6 is 31.9 Å². The Morgan fingerprint density at radius 2 is 1.76 bits per heavy atom. The van der Waals surface area contributed by atoms with Crippen molar-refractivity contribution < 1.29 is 14.4 Å². The molecule has 1 atom stereocenters. The van der Waals surface area contributed by atoms with E-state index < -0.39 is 23.8 Å². The van der Waals surface area contributed by atoms with Crippen LogP contribution in [-0.4, -0.2) is 17.8 Å². The van der Waals surface area contributed by atoms with E-state index in [1.165, 1.54) is 0 Å². The van der Waals surface area contributed by atoms with Crippen molar-refractivity contribution in [3.8, 4) is 0 Å². The van der Waals surface area contributed by atoms with Crippen LogP contribution in [0.5, 0.6) is 0 Å². The van der Waals surface area contributed by atoms with E-state index in [4.69, 9.17) is 0 Å². The number of rotatable bonds is 3. The second-order valence-corrected chi connectivity index (χ2v) is 6.60. The quantitative estimate of drug-likeness (QED) is 0.765. The van der Waals surface area contributed by atoms with E-state index in [0.717, 1.165) is 10.5 Å². The molecule has 0 aliphatic carbocycles. The van der Waals surface area contributed by atoms with E-state index in [2.05, 4.69) is 37.2 Å². The molecule has 0 saturated carbocycles. The van der Waals surface area contributed by atoms with Gasteiger partial charge in [0.1, 0.15) is 5.92 Å². The lowest BCUT2D eigenvalue weighted by Crippen LogP contribution is -2.58. The minimum atomic E-state index is -0.826. The molecular weight excluding hydrogens is 404 g/mol. The summed E-state index contributed by atoms with van der Waals surface area (Å²) < 4.78 is 1.23. The van der Waals surface area contributed by atoms with Gasteiger partial charge in [0.25, 0.3) is 0 Å². The van der Waals surface area contributed by atoms with Crippen molar-refractivity contribution in [2.45, 2.75) is 26.7 Å².